The molecule has 0 saturated carbocycles. The van der Waals surface area contributed by atoms with Crippen LogP contribution < -0.4 is 0 Å². The first-order chi connectivity index (χ1) is 8.27. The highest BCUT2D eigenvalue weighted by Crippen LogP contribution is 2.10. The van der Waals surface area contributed by atoms with Gasteiger partial charge in [0.05, 0.1) is 0 Å². The molecule has 0 saturated heterocycles. The number of carbonyl (C=O) groups is 1. The summed E-state index contributed by atoms with van der Waals surface area (Å²) < 4.78 is 0. The van der Waals surface area contributed by atoms with E-state index in [1.807, 2.05) is 31.2 Å². The Morgan fingerprint density at radius 1 is 1.24 bits per heavy atom. The highest BCUT2D eigenvalue weighted by Gasteiger charge is 2.09. The van der Waals surface area contributed by atoms with Gasteiger partial charge in [-0.1, -0.05) is 6.07 Å². The Hall–Kier alpha value is -2.03. The maximum Gasteiger partial charge on any atom is 0.165 e. The summed E-state index contributed by atoms with van der Waals surface area (Å²) in [6.07, 6.45) is 6.23. The second-order valence-corrected chi connectivity index (χ2v) is 3.93. The van der Waals surface area contributed by atoms with Crippen molar-refractivity contribution in [1.29, 1.82) is 0 Å². The second-order valence-electron chi connectivity index (χ2n) is 3.93. The number of aryl methyl sites for hydroxylation is 2. The molecule has 0 unspecified atom stereocenters. The Labute approximate surface area is 101 Å². The highest BCUT2D eigenvalue weighted by molar-refractivity contribution is 5.97. The number of pyridine rings is 2. The summed E-state index contributed by atoms with van der Waals surface area (Å²) >= 11 is 0. The van der Waals surface area contributed by atoms with Crippen LogP contribution in [0.15, 0.2) is 42.9 Å². The first-order valence-electron chi connectivity index (χ1n) is 5.61. The van der Waals surface area contributed by atoms with Gasteiger partial charge in [-0.2, -0.15) is 0 Å². The summed E-state index contributed by atoms with van der Waals surface area (Å²) in [4.78, 5) is 20.2. The van der Waals surface area contributed by atoms with E-state index in [0.717, 1.165) is 11.3 Å². The van der Waals surface area contributed by atoms with Crippen molar-refractivity contribution < 1.29 is 4.79 Å². The first kappa shape index (κ1) is 11.5. The van der Waals surface area contributed by atoms with Crippen LogP contribution in [0.5, 0.6) is 0 Å². The average Bonchev–Trinajstić information content (AvgIpc) is 2.38. The molecule has 0 radical (unpaired) electrons. The Morgan fingerprint density at radius 3 is 2.82 bits per heavy atom. The van der Waals surface area contributed by atoms with E-state index in [1.54, 1.807) is 18.6 Å². The zero-order chi connectivity index (χ0) is 12.1. The van der Waals surface area contributed by atoms with Crippen molar-refractivity contribution in [2.45, 2.75) is 19.8 Å². The van der Waals surface area contributed by atoms with Gasteiger partial charge in [0.2, 0.25) is 0 Å². The molecule has 2 aromatic heterocycles. The number of hydrogen-bond acceptors (Lipinski definition) is 3. The van der Waals surface area contributed by atoms with Gasteiger partial charge < -0.3 is 0 Å². The lowest BCUT2D eigenvalue weighted by molar-refractivity contribution is 0.0981. The van der Waals surface area contributed by atoms with Gasteiger partial charge in [-0.25, -0.2) is 0 Å². The van der Waals surface area contributed by atoms with Crippen molar-refractivity contribution in [3.8, 4) is 0 Å². The van der Waals surface area contributed by atoms with Crippen LogP contribution in [0.1, 0.15) is 28.0 Å². The number of Topliss-reactive ketones (excluding diaryl/α,β-unsaturated/α-hetero) is 1. The molecule has 0 spiro atoms. The van der Waals surface area contributed by atoms with E-state index in [1.165, 1.54) is 0 Å². The van der Waals surface area contributed by atoms with Crippen LogP contribution in [0.3, 0.4) is 0 Å². The van der Waals surface area contributed by atoms with E-state index in [2.05, 4.69) is 9.97 Å². The van der Waals surface area contributed by atoms with Gasteiger partial charge in [-0.3, -0.25) is 14.8 Å². The molecule has 0 bridgehead atoms. The molecule has 0 aromatic carbocycles. The van der Waals surface area contributed by atoms with Crippen LogP contribution >= 0.6 is 0 Å². The van der Waals surface area contributed by atoms with Crippen LogP contribution in [-0.4, -0.2) is 15.8 Å². The van der Waals surface area contributed by atoms with Gasteiger partial charge in [0.25, 0.3) is 0 Å². The first-order valence-corrected chi connectivity index (χ1v) is 5.61. The van der Waals surface area contributed by atoms with Crippen molar-refractivity contribution in [3.63, 3.8) is 0 Å². The van der Waals surface area contributed by atoms with Gasteiger partial charge in [0.1, 0.15) is 0 Å². The van der Waals surface area contributed by atoms with E-state index in [4.69, 9.17) is 0 Å². The normalized spacial score (nSPS) is 10.2. The third kappa shape index (κ3) is 2.97. The monoisotopic (exact) mass is 226 g/mol. The fourth-order valence-corrected chi connectivity index (χ4v) is 1.68. The van der Waals surface area contributed by atoms with Gasteiger partial charge >= 0.3 is 0 Å². The molecule has 0 amide bonds. The zero-order valence-electron chi connectivity index (χ0n) is 9.76. The molecule has 2 rings (SSSR count). The third-order valence-electron chi connectivity index (χ3n) is 2.67. The van der Waals surface area contributed by atoms with Crippen molar-refractivity contribution >= 4 is 5.78 Å². The van der Waals surface area contributed by atoms with Crippen LogP contribution in [-0.2, 0) is 6.42 Å². The molecule has 2 heterocycles. The Morgan fingerprint density at radius 2 is 2.12 bits per heavy atom. The summed E-state index contributed by atoms with van der Waals surface area (Å²) in [6.45, 7) is 1.93. The van der Waals surface area contributed by atoms with E-state index < -0.39 is 0 Å². The molecule has 0 aliphatic carbocycles. The van der Waals surface area contributed by atoms with Crippen molar-refractivity contribution in [2.24, 2.45) is 0 Å². The quantitative estimate of drug-likeness (QED) is 0.752. The van der Waals surface area contributed by atoms with Crippen molar-refractivity contribution in [1.82, 2.24) is 9.97 Å². The lowest BCUT2D eigenvalue weighted by Crippen LogP contribution is -2.04. The number of hydrogen-bond donors (Lipinski definition) is 0. The Balaban J connectivity index is 2.01. The smallest absolute Gasteiger partial charge is 0.165 e. The molecule has 0 N–H and O–H groups in total. The van der Waals surface area contributed by atoms with Crippen LogP contribution in [0.4, 0.5) is 0 Å². The van der Waals surface area contributed by atoms with Gasteiger partial charge in [0.15, 0.2) is 5.78 Å². The number of carbonyl (C=O) groups excluding carboxylic acids is 1. The fourth-order valence-electron chi connectivity index (χ4n) is 1.68. The molecular weight excluding hydrogens is 212 g/mol. The average molecular weight is 226 g/mol. The van der Waals surface area contributed by atoms with Gasteiger partial charge in [-0.15, -0.1) is 0 Å². The molecule has 0 fully saturated rings. The minimum absolute atomic E-state index is 0.126. The van der Waals surface area contributed by atoms with Crippen molar-refractivity contribution in [2.75, 3.05) is 0 Å². The lowest BCUT2D eigenvalue weighted by Gasteiger charge is -2.03. The maximum absolute atomic E-state index is 12.0. The molecule has 3 heteroatoms. The molecular formula is C14H14N2O. The second kappa shape index (κ2) is 5.34. The molecule has 2 aromatic rings. The number of rotatable bonds is 4. The fraction of sp³-hybridized carbons (Fsp3) is 0.214. The molecule has 0 aliphatic heterocycles. The highest BCUT2D eigenvalue weighted by atomic mass is 16.1. The minimum atomic E-state index is 0.126. The van der Waals surface area contributed by atoms with E-state index in [0.29, 0.717) is 18.4 Å². The van der Waals surface area contributed by atoms with Gasteiger partial charge in [-0.05, 0) is 37.1 Å². The third-order valence-corrected chi connectivity index (χ3v) is 2.67. The summed E-state index contributed by atoms with van der Waals surface area (Å²) in [6, 6.07) is 7.59. The number of nitrogens with zero attached hydrogens (tertiary/aromatic N) is 2. The SMILES string of the molecule is Cc1ccncc1C(=O)CCc1ccccn1. The summed E-state index contributed by atoms with van der Waals surface area (Å²) in [5, 5.41) is 0. The van der Waals surface area contributed by atoms with Crippen LogP contribution in [0, 0.1) is 6.92 Å². The van der Waals surface area contributed by atoms with E-state index in [9.17, 15) is 4.79 Å². The summed E-state index contributed by atoms with van der Waals surface area (Å²) in [5.74, 6) is 0.126. The standard InChI is InChI=1S/C14H14N2O/c1-11-7-9-15-10-13(11)14(17)6-5-12-4-2-3-8-16-12/h2-4,7-10H,5-6H2,1H3. The predicted molar refractivity (Wildman–Crippen MR) is 65.9 cm³/mol. The zero-order valence-corrected chi connectivity index (χ0v) is 9.76. The van der Waals surface area contributed by atoms with Gasteiger partial charge in [0, 0.05) is 36.3 Å². The molecule has 0 atom stereocenters. The minimum Gasteiger partial charge on any atom is -0.294 e. The predicted octanol–water partition coefficient (Wildman–Crippen LogP) is 2.60. The Kier molecular flexibility index (Phi) is 3.60. The van der Waals surface area contributed by atoms with Crippen molar-refractivity contribution in [3.05, 3.63) is 59.7 Å². The molecule has 86 valence electrons. The molecule has 17 heavy (non-hydrogen) atoms. The lowest BCUT2D eigenvalue weighted by atomic mass is 10.0. The van der Waals surface area contributed by atoms with Crippen LogP contribution in [0.2, 0.25) is 0 Å². The Bertz CT molecular complexity index is 509. The largest absolute Gasteiger partial charge is 0.294 e. The number of ketones is 1. The van der Waals surface area contributed by atoms with E-state index in [-0.39, 0.29) is 5.78 Å². The van der Waals surface area contributed by atoms with Crippen LogP contribution in [0.25, 0.3) is 0 Å². The maximum atomic E-state index is 12.0. The molecule has 0 aliphatic rings. The summed E-state index contributed by atoms with van der Waals surface area (Å²) in [7, 11) is 0. The topological polar surface area (TPSA) is 42.9 Å². The van der Waals surface area contributed by atoms with E-state index >= 15 is 0 Å². The summed E-state index contributed by atoms with van der Waals surface area (Å²) in [5.41, 5.74) is 2.64. The number of aromatic nitrogens is 2. The molecule has 3 nitrogen and oxygen atoms in total.